The first-order valence-corrected chi connectivity index (χ1v) is 7.34. The zero-order valence-corrected chi connectivity index (χ0v) is 12.3. The summed E-state index contributed by atoms with van der Waals surface area (Å²) >= 11 is 0. The molecule has 2 aromatic rings. The van der Waals surface area contributed by atoms with Crippen molar-refractivity contribution in [2.24, 2.45) is 5.92 Å². The minimum atomic E-state index is 0.305. The summed E-state index contributed by atoms with van der Waals surface area (Å²) in [6, 6.07) is 21.4. The van der Waals surface area contributed by atoms with Crippen molar-refractivity contribution in [3.8, 4) is 0 Å². The highest BCUT2D eigenvalue weighted by molar-refractivity contribution is 5.45. The van der Waals surface area contributed by atoms with Crippen LogP contribution in [0.3, 0.4) is 0 Å². The second-order valence-corrected chi connectivity index (χ2v) is 5.00. The van der Waals surface area contributed by atoms with Crippen LogP contribution in [-0.2, 0) is 0 Å². The van der Waals surface area contributed by atoms with Crippen LogP contribution in [0.25, 0.3) is 0 Å². The van der Waals surface area contributed by atoms with Crippen LogP contribution in [0.4, 0.5) is 5.69 Å². The average molecular weight is 265 g/mol. The van der Waals surface area contributed by atoms with Crippen LogP contribution in [-0.4, -0.2) is 0 Å². The van der Waals surface area contributed by atoms with Crippen LogP contribution >= 0.6 is 0 Å². The van der Waals surface area contributed by atoms with Crippen LogP contribution in [0, 0.1) is 5.92 Å². The van der Waals surface area contributed by atoms with Gasteiger partial charge in [0.05, 0.1) is 6.04 Å². The number of hydrogen-bond acceptors (Lipinski definition) is 1. The zero-order valence-electron chi connectivity index (χ0n) is 12.3. The highest BCUT2D eigenvalue weighted by Gasteiger charge is 2.19. The summed E-state index contributed by atoms with van der Waals surface area (Å²) in [5.74, 6) is 0.489. The predicted molar refractivity (Wildman–Crippen MR) is 87.8 cm³/mol. The molecule has 1 N–H and O–H groups in total. The Balaban J connectivity index is 2.29. The Hall–Kier alpha value is -2.02. The molecule has 0 saturated carbocycles. The molecular formula is C19H23N. The molecule has 1 nitrogen and oxygen atoms in total. The summed E-state index contributed by atoms with van der Waals surface area (Å²) in [7, 11) is 0. The topological polar surface area (TPSA) is 12.0 Å². The predicted octanol–water partition coefficient (Wildman–Crippen LogP) is 5.44. The van der Waals surface area contributed by atoms with Crippen LogP contribution in [0.15, 0.2) is 72.8 Å². The van der Waals surface area contributed by atoms with Gasteiger partial charge in [0.2, 0.25) is 0 Å². The molecular weight excluding hydrogens is 242 g/mol. The molecule has 2 aromatic carbocycles. The average Bonchev–Trinajstić information content (AvgIpc) is 2.52. The Bertz CT molecular complexity index is 516. The number of nitrogens with one attached hydrogen (secondary N) is 1. The number of allylic oxidation sites excluding steroid dienone is 1. The lowest BCUT2D eigenvalue weighted by atomic mass is 9.90. The van der Waals surface area contributed by atoms with Gasteiger partial charge in [0.15, 0.2) is 0 Å². The quantitative estimate of drug-likeness (QED) is 0.685. The van der Waals surface area contributed by atoms with Crippen LogP contribution in [0.2, 0.25) is 0 Å². The van der Waals surface area contributed by atoms with Crippen molar-refractivity contribution < 1.29 is 0 Å². The van der Waals surface area contributed by atoms with E-state index in [9.17, 15) is 0 Å². The smallest absolute Gasteiger partial charge is 0.0576 e. The third kappa shape index (κ3) is 3.74. The summed E-state index contributed by atoms with van der Waals surface area (Å²) < 4.78 is 0. The summed E-state index contributed by atoms with van der Waals surface area (Å²) in [5, 5.41) is 3.68. The Morgan fingerprint density at radius 1 is 0.950 bits per heavy atom. The summed E-state index contributed by atoms with van der Waals surface area (Å²) in [6.07, 6.45) is 5.56. The fourth-order valence-corrected chi connectivity index (χ4v) is 2.54. The van der Waals surface area contributed by atoms with E-state index < -0.39 is 0 Å². The fraction of sp³-hybridized carbons (Fsp3) is 0.263. The molecule has 0 heterocycles. The Labute approximate surface area is 122 Å². The van der Waals surface area contributed by atoms with Gasteiger partial charge in [-0.2, -0.15) is 0 Å². The Kier molecular flexibility index (Phi) is 5.43. The second-order valence-electron chi connectivity index (χ2n) is 5.00. The first kappa shape index (κ1) is 14.4. The molecule has 2 atom stereocenters. The van der Waals surface area contributed by atoms with Crippen molar-refractivity contribution in [1.82, 2.24) is 0 Å². The molecule has 0 spiro atoms. The molecule has 0 unspecified atom stereocenters. The van der Waals surface area contributed by atoms with Crippen molar-refractivity contribution in [3.63, 3.8) is 0 Å². The van der Waals surface area contributed by atoms with E-state index in [4.69, 9.17) is 0 Å². The van der Waals surface area contributed by atoms with Gasteiger partial charge in [-0.3, -0.25) is 0 Å². The largest absolute Gasteiger partial charge is 0.378 e. The van der Waals surface area contributed by atoms with E-state index in [1.807, 2.05) is 6.07 Å². The van der Waals surface area contributed by atoms with Gasteiger partial charge in [-0.15, -0.1) is 0 Å². The summed E-state index contributed by atoms with van der Waals surface area (Å²) in [4.78, 5) is 0. The second kappa shape index (κ2) is 7.54. The number of para-hydroxylation sites is 1. The molecule has 2 rings (SSSR count). The molecule has 0 amide bonds. The van der Waals surface area contributed by atoms with Crippen molar-refractivity contribution in [1.29, 1.82) is 0 Å². The third-order valence-corrected chi connectivity index (χ3v) is 3.59. The van der Waals surface area contributed by atoms with Crippen molar-refractivity contribution >= 4 is 5.69 Å². The van der Waals surface area contributed by atoms with Gasteiger partial charge in [0.1, 0.15) is 0 Å². The molecule has 0 bridgehead atoms. The maximum absolute atomic E-state index is 3.68. The van der Waals surface area contributed by atoms with Crippen molar-refractivity contribution in [3.05, 3.63) is 78.4 Å². The van der Waals surface area contributed by atoms with Crippen LogP contribution in [0.1, 0.15) is 31.9 Å². The molecule has 0 aliphatic carbocycles. The van der Waals surface area contributed by atoms with Gasteiger partial charge in [-0.05, 0) is 31.0 Å². The lowest BCUT2D eigenvalue weighted by molar-refractivity contribution is 0.535. The van der Waals surface area contributed by atoms with E-state index in [1.54, 1.807) is 0 Å². The van der Waals surface area contributed by atoms with E-state index in [2.05, 4.69) is 85.9 Å². The number of hydrogen-bond donors (Lipinski definition) is 1. The number of anilines is 1. The highest BCUT2D eigenvalue weighted by Crippen LogP contribution is 2.29. The minimum absolute atomic E-state index is 0.305. The van der Waals surface area contributed by atoms with E-state index in [-0.39, 0.29) is 0 Å². The third-order valence-electron chi connectivity index (χ3n) is 3.59. The zero-order chi connectivity index (χ0) is 14.2. The van der Waals surface area contributed by atoms with E-state index in [0.29, 0.717) is 12.0 Å². The van der Waals surface area contributed by atoms with Gasteiger partial charge in [-0.1, -0.05) is 67.6 Å². The highest BCUT2D eigenvalue weighted by atomic mass is 14.9. The van der Waals surface area contributed by atoms with Crippen molar-refractivity contribution in [2.75, 3.05) is 5.32 Å². The van der Waals surface area contributed by atoms with Gasteiger partial charge in [0, 0.05) is 11.6 Å². The molecule has 0 aromatic heterocycles. The Morgan fingerprint density at radius 3 is 2.10 bits per heavy atom. The molecule has 20 heavy (non-hydrogen) atoms. The Morgan fingerprint density at radius 2 is 1.55 bits per heavy atom. The van der Waals surface area contributed by atoms with Gasteiger partial charge in [0.25, 0.3) is 0 Å². The fourth-order valence-electron chi connectivity index (χ4n) is 2.54. The van der Waals surface area contributed by atoms with E-state index in [0.717, 1.165) is 6.42 Å². The maximum Gasteiger partial charge on any atom is 0.0576 e. The normalized spacial score (nSPS) is 14.1. The molecule has 0 saturated heterocycles. The van der Waals surface area contributed by atoms with Crippen LogP contribution in [0.5, 0.6) is 0 Å². The molecule has 1 heteroatoms. The SMILES string of the molecule is C/C=C/[C@H](CC)[C@H](Nc1ccccc1)c1ccccc1. The lowest BCUT2D eigenvalue weighted by Crippen LogP contribution is -2.19. The monoisotopic (exact) mass is 265 g/mol. The summed E-state index contributed by atoms with van der Waals surface area (Å²) in [6.45, 7) is 4.33. The van der Waals surface area contributed by atoms with Crippen LogP contribution < -0.4 is 5.32 Å². The van der Waals surface area contributed by atoms with Crippen molar-refractivity contribution in [2.45, 2.75) is 26.3 Å². The first-order chi connectivity index (χ1) is 9.85. The van der Waals surface area contributed by atoms with Gasteiger partial charge >= 0.3 is 0 Å². The minimum Gasteiger partial charge on any atom is -0.378 e. The molecule has 0 fully saturated rings. The number of benzene rings is 2. The first-order valence-electron chi connectivity index (χ1n) is 7.34. The standard InChI is InChI=1S/C19H23N/c1-3-11-16(4-2)19(17-12-7-5-8-13-17)20-18-14-9-6-10-15-18/h3,5-16,19-20H,4H2,1-2H3/b11-3+/t16-,19-/m0/s1. The summed E-state index contributed by atoms with van der Waals surface area (Å²) in [5.41, 5.74) is 2.51. The molecule has 0 radical (unpaired) electrons. The molecule has 104 valence electrons. The van der Waals surface area contributed by atoms with Gasteiger partial charge < -0.3 is 5.32 Å². The molecule has 0 aliphatic heterocycles. The molecule has 0 aliphatic rings. The number of rotatable bonds is 6. The maximum atomic E-state index is 3.68. The van der Waals surface area contributed by atoms with Gasteiger partial charge in [-0.25, -0.2) is 0 Å². The van der Waals surface area contributed by atoms with E-state index >= 15 is 0 Å². The van der Waals surface area contributed by atoms with E-state index in [1.165, 1.54) is 11.3 Å². The lowest BCUT2D eigenvalue weighted by Gasteiger charge is -2.26.